The van der Waals surface area contributed by atoms with Gasteiger partial charge in [0.25, 0.3) is 0 Å². The van der Waals surface area contributed by atoms with Gasteiger partial charge in [0.2, 0.25) is 0 Å². The van der Waals surface area contributed by atoms with Crippen molar-refractivity contribution in [3.63, 3.8) is 0 Å². The van der Waals surface area contributed by atoms with Crippen LogP contribution in [0.5, 0.6) is 0 Å². The zero-order valence-electron chi connectivity index (χ0n) is 9.55. The summed E-state index contributed by atoms with van der Waals surface area (Å²) in [5, 5.41) is 5.87. The fraction of sp³-hybridized carbons (Fsp3) is 0.900. The Bertz CT molecular complexity index is 217. The van der Waals surface area contributed by atoms with Crippen LogP contribution in [-0.2, 0) is 0 Å². The van der Waals surface area contributed by atoms with Crippen molar-refractivity contribution in [1.82, 2.24) is 15.5 Å². The summed E-state index contributed by atoms with van der Waals surface area (Å²) in [5.74, 6) is 0. The molecule has 14 heavy (non-hydrogen) atoms. The molecule has 1 atom stereocenters. The number of amides is 2. The molecule has 0 aromatic rings. The molecule has 2 amide bonds. The molecule has 4 heteroatoms. The van der Waals surface area contributed by atoms with Gasteiger partial charge in [0.05, 0.1) is 5.54 Å². The molecule has 0 aromatic heterocycles. The van der Waals surface area contributed by atoms with E-state index in [0.717, 1.165) is 19.5 Å². The first-order valence-electron chi connectivity index (χ1n) is 5.18. The predicted octanol–water partition coefficient (Wildman–Crippen LogP) is 0.788. The van der Waals surface area contributed by atoms with Crippen molar-refractivity contribution < 1.29 is 4.79 Å². The minimum atomic E-state index is -0.0618. The summed E-state index contributed by atoms with van der Waals surface area (Å²) in [6.07, 6.45) is 1.02. The molecule has 0 aliphatic carbocycles. The SMILES string of the molecule is CC(C)NC(=O)N[C@@]1(C)CCN(C)C1. The van der Waals surface area contributed by atoms with Gasteiger partial charge in [-0.3, -0.25) is 0 Å². The largest absolute Gasteiger partial charge is 0.336 e. The lowest BCUT2D eigenvalue weighted by molar-refractivity contribution is 0.225. The Kier molecular flexibility index (Phi) is 3.37. The van der Waals surface area contributed by atoms with Crippen molar-refractivity contribution in [1.29, 1.82) is 0 Å². The van der Waals surface area contributed by atoms with Gasteiger partial charge in [-0.2, -0.15) is 0 Å². The first kappa shape index (κ1) is 11.3. The van der Waals surface area contributed by atoms with Crippen LogP contribution < -0.4 is 10.6 Å². The quantitative estimate of drug-likeness (QED) is 0.690. The van der Waals surface area contributed by atoms with Gasteiger partial charge in [-0.1, -0.05) is 0 Å². The number of carbonyl (C=O) groups excluding carboxylic acids is 1. The highest BCUT2D eigenvalue weighted by molar-refractivity contribution is 5.75. The maximum Gasteiger partial charge on any atom is 0.315 e. The van der Waals surface area contributed by atoms with E-state index in [1.165, 1.54) is 0 Å². The molecule has 0 spiro atoms. The highest BCUT2D eigenvalue weighted by Gasteiger charge is 2.33. The van der Waals surface area contributed by atoms with Crippen molar-refractivity contribution in [3.8, 4) is 0 Å². The Morgan fingerprint density at radius 2 is 2.14 bits per heavy atom. The normalized spacial score (nSPS) is 28.1. The average molecular weight is 199 g/mol. The predicted molar refractivity (Wildman–Crippen MR) is 57.3 cm³/mol. The van der Waals surface area contributed by atoms with E-state index >= 15 is 0 Å². The van der Waals surface area contributed by atoms with E-state index in [1.807, 2.05) is 13.8 Å². The minimum absolute atomic E-state index is 0.0576. The Morgan fingerprint density at radius 3 is 2.57 bits per heavy atom. The third-order valence-electron chi connectivity index (χ3n) is 2.50. The number of rotatable bonds is 2. The van der Waals surface area contributed by atoms with E-state index in [4.69, 9.17) is 0 Å². The van der Waals surface area contributed by atoms with Gasteiger partial charge < -0.3 is 15.5 Å². The third-order valence-corrected chi connectivity index (χ3v) is 2.50. The van der Waals surface area contributed by atoms with Gasteiger partial charge in [0, 0.05) is 19.1 Å². The molecule has 82 valence electrons. The zero-order chi connectivity index (χ0) is 10.8. The Morgan fingerprint density at radius 1 is 1.50 bits per heavy atom. The van der Waals surface area contributed by atoms with Crippen LogP contribution >= 0.6 is 0 Å². The van der Waals surface area contributed by atoms with E-state index in [9.17, 15) is 4.79 Å². The van der Waals surface area contributed by atoms with Crippen molar-refractivity contribution in [3.05, 3.63) is 0 Å². The molecule has 0 saturated carbocycles. The maximum atomic E-state index is 11.5. The van der Waals surface area contributed by atoms with Crippen LogP contribution in [0.25, 0.3) is 0 Å². The molecule has 1 saturated heterocycles. The Hall–Kier alpha value is -0.770. The minimum Gasteiger partial charge on any atom is -0.336 e. The second-order valence-corrected chi connectivity index (χ2v) is 4.80. The van der Waals surface area contributed by atoms with Crippen LogP contribution in [0.3, 0.4) is 0 Å². The lowest BCUT2D eigenvalue weighted by Crippen LogP contribution is -2.52. The molecule has 0 unspecified atom stereocenters. The smallest absolute Gasteiger partial charge is 0.315 e. The van der Waals surface area contributed by atoms with E-state index < -0.39 is 0 Å². The molecular weight excluding hydrogens is 178 g/mol. The second-order valence-electron chi connectivity index (χ2n) is 4.80. The van der Waals surface area contributed by atoms with E-state index in [-0.39, 0.29) is 17.6 Å². The van der Waals surface area contributed by atoms with Crippen LogP contribution in [0.15, 0.2) is 0 Å². The summed E-state index contributed by atoms with van der Waals surface area (Å²) < 4.78 is 0. The standard InChI is InChI=1S/C10H21N3O/c1-8(2)11-9(14)12-10(3)5-6-13(4)7-10/h8H,5-7H2,1-4H3,(H2,11,12,14)/t10-/m0/s1. The zero-order valence-corrected chi connectivity index (χ0v) is 9.55. The van der Waals surface area contributed by atoms with Crippen LogP contribution in [0.2, 0.25) is 0 Å². The highest BCUT2D eigenvalue weighted by atomic mass is 16.2. The van der Waals surface area contributed by atoms with Gasteiger partial charge in [-0.05, 0) is 34.2 Å². The maximum absolute atomic E-state index is 11.5. The number of urea groups is 1. The summed E-state index contributed by atoms with van der Waals surface area (Å²) in [7, 11) is 2.08. The van der Waals surface area contributed by atoms with Gasteiger partial charge in [-0.25, -0.2) is 4.79 Å². The molecule has 1 heterocycles. The molecule has 1 aliphatic rings. The first-order valence-corrected chi connectivity index (χ1v) is 5.18. The Labute approximate surface area is 86.0 Å². The summed E-state index contributed by atoms with van der Waals surface area (Å²) >= 11 is 0. The van der Waals surface area contributed by atoms with Crippen LogP contribution in [-0.4, -0.2) is 42.6 Å². The lowest BCUT2D eigenvalue weighted by Gasteiger charge is -2.26. The number of nitrogens with zero attached hydrogens (tertiary/aromatic N) is 1. The van der Waals surface area contributed by atoms with Crippen molar-refractivity contribution in [2.45, 2.75) is 38.8 Å². The summed E-state index contributed by atoms with van der Waals surface area (Å²) in [6.45, 7) is 8.00. The summed E-state index contributed by atoms with van der Waals surface area (Å²) in [5.41, 5.74) is -0.0618. The monoisotopic (exact) mass is 199 g/mol. The van der Waals surface area contributed by atoms with Gasteiger partial charge in [0.15, 0.2) is 0 Å². The number of carbonyl (C=O) groups is 1. The molecule has 0 aromatic carbocycles. The van der Waals surface area contributed by atoms with Crippen molar-refractivity contribution in [2.24, 2.45) is 0 Å². The highest BCUT2D eigenvalue weighted by Crippen LogP contribution is 2.18. The van der Waals surface area contributed by atoms with Gasteiger partial charge >= 0.3 is 6.03 Å². The number of nitrogens with one attached hydrogen (secondary N) is 2. The number of likely N-dealkylation sites (tertiary alicyclic amines) is 1. The fourth-order valence-electron chi connectivity index (χ4n) is 1.87. The van der Waals surface area contributed by atoms with Gasteiger partial charge in [-0.15, -0.1) is 0 Å². The topological polar surface area (TPSA) is 44.4 Å². The summed E-state index contributed by atoms with van der Waals surface area (Å²) in [6, 6.07) is 0.135. The third kappa shape index (κ3) is 3.18. The number of likely N-dealkylation sites (N-methyl/N-ethyl adjacent to an activating group) is 1. The molecular formula is C10H21N3O. The van der Waals surface area contributed by atoms with Crippen LogP contribution in [0.1, 0.15) is 27.2 Å². The first-order chi connectivity index (χ1) is 6.41. The van der Waals surface area contributed by atoms with E-state index in [2.05, 4.69) is 29.5 Å². The fourth-order valence-corrected chi connectivity index (χ4v) is 1.87. The summed E-state index contributed by atoms with van der Waals surface area (Å²) in [4.78, 5) is 13.7. The van der Waals surface area contributed by atoms with Crippen LogP contribution in [0, 0.1) is 0 Å². The average Bonchev–Trinajstić information content (AvgIpc) is 2.28. The molecule has 4 nitrogen and oxygen atoms in total. The van der Waals surface area contributed by atoms with E-state index in [0.29, 0.717) is 0 Å². The number of hydrogen-bond acceptors (Lipinski definition) is 2. The molecule has 1 fully saturated rings. The molecule has 2 N–H and O–H groups in total. The second kappa shape index (κ2) is 4.17. The van der Waals surface area contributed by atoms with Crippen LogP contribution in [0.4, 0.5) is 4.79 Å². The van der Waals surface area contributed by atoms with Gasteiger partial charge in [0.1, 0.15) is 0 Å². The Balaban J connectivity index is 2.39. The lowest BCUT2D eigenvalue weighted by atomic mass is 10.0. The molecule has 1 rings (SSSR count). The van der Waals surface area contributed by atoms with Crippen molar-refractivity contribution in [2.75, 3.05) is 20.1 Å². The molecule has 1 aliphatic heterocycles. The molecule has 0 bridgehead atoms. The number of hydrogen-bond donors (Lipinski definition) is 2. The van der Waals surface area contributed by atoms with E-state index in [1.54, 1.807) is 0 Å². The molecule has 0 radical (unpaired) electrons. The van der Waals surface area contributed by atoms with Crippen molar-refractivity contribution >= 4 is 6.03 Å².